The van der Waals surface area contributed by atoms with Crippen LogP contribution in [0.15, 0.2) is 18.2 Å². The standard InChI is InChI=1S/C16H23N3/c1-12-10-16(7-4-13(12)11-17)19(3)15-8-5-14(18-2)6-9-15/h4,7,10,14-15,18H,5-6,8-9H2,1-3H3. The fourth-order valence-corrected chi connectivity index (χ4v) is 2.96. The van der Waals surface area contributed by atoms with Gasteiger partial charge in [0.15, 0.2) is 0 Å². The molecule has 1 aromatic carbocycles. The second kappa shape index (κ2) is 6.08. The van der Waals surface area contributed by atoms with Crippen LogP contribution in [0.2, 0.25) is 0 Å². The molecule has 0 heterocycles. The average molecular weight is 257 g/mol. The summed E-state index contributed by atoms with van der Waals surface area (Å²) in [5, 5.41) is 12.4. The molecule has 3 nitrogen and oxygen atoms in total. The van der Waals surface area contributed by atoms with Crippen LogP contribution in [-0.4, -0.2) is 26.2 Å². The van der Waals surface area contributed by atoms with Crippen molar-refractivity contribution in [1.29, 1.82) is 5.26 Å². The Hall–Kier alpha value is -1.53. The van der Waals surface area contributed by atoms with Gasteiger partial charge < -0.3 is 10.2 Å². The van der Waals surface area contributed by atoms with Crippen molar-refractivity contribution < 1.29 is 0 Å². The lowest BCUT2D eigenvalue weighted by atomic mass is 9.90. The molecule has 0 aromatic heterocycles. The number of nitrogens with one attached hydrogen (secondary N) is 1. The molecule has 102 valence electrons. The van der Waals surface area contributed by atoms with Gasteiger partial charge in [0.2, 0.25) is 0 Å². The number of hydrogen-bond donors (Lipinski definition) is 1. The molecule has 0 unspecified atom stereocenters. The molecule has 0 amide bonds. The van der Waals surface area contributed by atoms with E-state index in [4.69, 9.17) is 5.26 Å². The highest BCUT2D eigenvalue weighted by atomic mass is 15.1. The van der Waals surface area contributed by atoms with E-state index in [1.54, 1.807) is 0 Å². The van der Waals surface area contributed by atoms with E-state index in [0.29, 0.717) is 12.1 Å². The SMILES string of the molecule is CNC1CCC(N(C)c2ccc(C#N)c(C)c2)CC1. The van der Waals surface area contributed by atoms with E-state index >= 15 is 0 Å². The lowest BCUT2D eigenvalue weighted by Gasteiger charge is -2.36. The summed E-state index contributed by atoms with van der Waals surface area (Å²) in [5.41, 5.74) is 3.07. The third kappa shape index (κ3) is 3.08. The lowest BCUT2D eigenvalue weighted by Crippen LogP contribution is -2.39. The zero-order valence-corrected chi connectivity index (χ0v) is 12.1. The molecule has 0 spiro atoms. The van der Waals surface area contributed by atoms with Gasteiger partial charge in [0.1, 0.15) is 0 Å². The van der Waals surface area contributed by atoms with Crippen LogP contribution in [0.5, 0.6) is 0 Å². The molecule has 3 heteroatoms. The number of aryl methyl sites for hydroxylation is 1. The van der Waals surface area contributed by atoms with Gasteiger partial charge in [0.25, 0.3) is 0 Å². The Morgan fingerprint density at radius 2 is 1.95 bits per heavy atom. The molecule has 1 aromatic rings. The Bertz CT molecular complexity index is 467. The zero-order valence-electron chi connectivity index (χ0n) is 12.1. The number of rotatable bonds is 3. The Morgan fingerprint density at radius 3 is 2.47 bits per heavy atom. The molecular formula is C16H23N3. The summed E-state index contributed by atoms with van der Waals surface area (Å²) < 4.78 is 0. The Balaban J connectivity index is 2.06. The fourth-order valence-electron chi connectivity index (χ4n) is 2.96. The normalized spacial score (nSPS) is 22.8. The molecule has 1 N–H and O–H groups in total. The minimum absolute atomic E-state index is 0.622. The monoisotopic (exact) mass is 257 g/mol. The summed E-state index contributed by atoms with van der Waals surface area (Å²) in [4.78, 5) is 2.38. The summed E-state index contributed by atoms with van der Waals surface area (Å²) in [6.07, 6.45) is 4.98. The van der Waals surface area contributed by atoms with E-state index in [1.165, 1.54) is 31.4 Å². The third-order valence-electron chi connectivity index (χ3n) is 4.39. The summed E-state index contributed by atoms with van der Waals surface area (Å²) >= 11 is 0. The molecule has 1 aliphatic rings. The van der Waals surface area contributed by atoms with Crippen molar-refractivity contribution in [3.63, 3.8) is 0 Å². The van der Waals surface area contributed by atoms with Gasteiger partial charge in [-0.3, -0.25) is 0 Å². The Kier molecular flexibility index (Phi) is 4.44. The van der Waals surface area contributed by atoms with Gasteiger partial charge in [-0.25, -0.2) is 0 Å². The number of nitrogens with zero attached hydrogens (tertiary/aromatic N) is 2. The zero-order chi connectivity index (χ0) is 13.8. The van der Waals surface area contributed by atoms with Crippen molar-refractivity contribution in [1.82, 2.24) is 5.32 Å². The van der Waals surface area contributed by atoms with E-state index < -0.39 is 0 Å². The van der Waals surface area contributed by atoms with Gasteiger partial charge in [-0.15, -0.1) is 0 Å². The van der Waals surface area contributed by atoms with E-state index in [9.17, 15) is 0 Å². The van der Waals surface area contributed by atoms with Crippen LogP contribution in [0.4, 0.5) is 5.69 Å². The van der Waals surface area contributed by atoms with Gasteiger partial charge in [0.05, 0.1) is 11.6 Å². The van der Waals surface area contributed by atoms with Crippen LogP contribution >= 0.6 is 0 Å². The molecule has 0 aliphatic heterocycles. The average Bonchev–Trinajstić information content (AvgIpc) is 2.46. The topological polar surface area (TPSA) is 39.1 Å². The summed E-state index contributed by atoms with van der Waals surface area (Å²) in [5.74, 6) is 0. The van der Waals surface area contributed by atoms with Crippen molar-refractivity contribution in [3.8, 4) is 6.07 Å². The molecule has 0 saturated heterocycles. The maximum absolute atomic E-state index is 8.98. The van der Waals surface area contributed by atoms with Gasteiger partial charge in [-0.05, 0) is 63.4 Å². The first-order valence-corrected chi connectivity index (χ1v) is 7.06. The van der Waals surface area contributed by atoms with Crippen LogP contribution in [0.3, 0.4) is 0 Å². The molecule has 1 aliphatic carbocycles. The van der Waals surface area contributed by atoms with Crippen molar-refractivity contribution in [2.24, 2.45) is 0 Å². The quantitative estimate of drug-likeness (QED) is 0.905. The van der Waals surface area contributed by atoms with Gasteiger partial charge in [0, 0.05) is 24.8 Å². The number of nitriles is 1. The largest absolute Gasteiger partial charge is 0.372 e. The third-order valence-corrected chi connectivity index (χ3v) is 4.39. The first kappa shape index (κ1) is 13.9. The van der Waals surface area contributed by atoms with Crippen LogP contribution in [0.1, 0.15) is 36.8 Å². The molecule has 1 saturated carbocycles. The molecule has 19 heavy (non-hydrogen) atoms. The van der Waals surface area contributed by atoms with Crippen LogP contribution in [0, 0.1) is 18.3 Å². The highest BCUT2D eigenvalue weighted by molar-refractivity contribution is 5.53. The highest BCUT2D eigenvalue weighted by Crippen LogP contribution is 2.27. The van der Waals surface area contributed by atoms with Crippen molar-refractivity contribution in [2.45, 2.75) is 44.7 Å². The van der Waals surface area contributed by atoms with E-state index in [1.807, 2.05) is 13.0 Å². The molecule has 0 bridgehead atoms. The molecule has 2 rings (SSSR count). The minimum atomic E-state index is 0.622. The smallest absolute Gasteiger partial charge is 0.0994 e. The van der Waals surface area contributed by atoms with Gasteiger partial charge >= 0.3 is 0 Å². The van der Waals surface area contributed by atoms with E-state index in [2.05, 4.69) is 42.5 Å². The first-order valence-electron chi connectivity index (χ1n) is 7.06. The molecular weight excluding hydrogens is 234 g/mol. The van der Waals surface area contributed by atoms with E-state index in [-0.39, 0.29) is 0 Å². The maximum atomic E-state index is 8.98. The van der Waals surface area contributed by atoms with Crippen LogP contribution in [0.25, 0.3) is 0 Å². The van der Waals surface area contributed by atoms with Crippen molar-refractivity contribution in [2.75, 3.05) is 19.0 Å². The molecule has 0 radical (unpaired) electrons. The summed E-state index contributed by atoms with van der Waals surface area (Å²) in [6.45, 7) is 2.01. The minimum Gasteiger partial charge on any atom is -0.372 e. The maximum Gasteiger partial charge on any atom is 0.0994 e. The molecule has 0 atom stereocenters. The van der Waals surface area contributed by atoms with Gasteiger partial charge in [-0.1, -0.05) is 0 Å². The second-order valence-corrected chi connectivity index (χ2v) is 5.52. The Morgan fingerprint density at radius 1 is 1.26 bits per heavy atom. The second-order valence-electron chi connectivity index (χ2n) is 5.52. The predicted octanol–water partition coefficient (Wildman–Crippen LogP) is 2.83. The Labute approximate surface area is 116 Å². The van der Waals surface area contributed by atoms with Crippen molar-refractivity contribution >= 4 is 5.69 Å². The lowest BCUT2D eigenvalue weighted by molar-refractivity contribution is 0.351. The van der Waals surface area contributed by atoms with E-state index in [0.717, 1.165) is 11.1 Å². The molecule has 1 fully saturated rings. The first-order chi connectivity index (χ1) is 9.15. The number of hydrogen-bond acceptors (Lipinski definition) is 3. The summed E-state index contributed by atoms with van der Waals surface area (Å²) in [6, 6.07) is 9.66. The van der Waals surface area contributed by atoms with Crippen molar-refractivity contribution in [3.05, 3.63) is 29.3 Å². The van der Waals surface area contributed by atoms with Crippen LogP contribution < -0.4 is 10.2 Å². The van der Waals surface area contributed by atoms with Gasteiger partial charge in [-0.2, -0.15) is 5.26 Å². The number of benzene rings is 1. The summed E-state index contributed by atoms with van der Waals surface area (Å²) in [7, 11) is 4.23. The predicted molar refractivity (Wildman–Crippen MR) is 79.4 cm³/mol. The fraction of sp³-hybridized carbons (Fsp3) is 0.562. The van der Waals surface area contributed by atoms with Crippen LogP contribution in [-0.2, 0) is 0 Å². The number of anilines is 1. The highest BCUT2D eigenvalue weighted by Gasteiger charge is 2.23.